The van der Waals surface area contributed by atoms with Crippen molar-refractivity contribution in [2.45, 2.75) is 10.6 Å². The Morgan fingerprint density at radius 3 is 2.68 bits per heavy atom. The Labute approximate surface area is 133 Å². The molecule has 2 aromatic rings. The number of thioether (sulfide) groups is 1. The molecule has 1 aliphatic heterocycles. The van der Waals surface area contributed by atoms with E-state index in [4.69, 9.17) is 0 Å². The largest absolute Gasteiger partial charge is 0.324 e. The normalized spacial score (nSPS) is 14.1. The maximum Gasteiger partial charge on any atom is 0.236 e. The molecule has 1 amide bonds. The topological polar surface area (TPSA) is 75.3 Å². The minimum atomic E-state index is -3.50. The van der Waals surface area contributed by atoms with Gasteiger partial charge in [-0.05, 0) is 23.8 Å². The van der Waals surface area contributed by atoms with E-state index in [0.29, 0.717) is 17.1 Å². The van der Waals surface area contributed by atoms with Crippen LogP contribution in [-0.4, -0.2) is 20.1 Å². The molecule has 0 saturated heterocycles. The smallest absolute Gasteiger partial charge is 0.236 e. The number of fused-ring (bicyclic) bond motifs is 1. The van der Waals surface area contributed by atoms with Crippen LogP contribution in [-0.2, 0) is 20.6 Å². The van der Waals surface area contributed by atoms with Crippen molar-refractivity contribution >= 4 is 39.1 Å². The first-order chi connectivity index (χ1) is 10.5. The Hall–Kier alpha value is -1.99. The summed E-state index contributed by atoms with van der Waals surface area (Å²) < 4.78 is 26.9. The molecule has 5 nitrogen and oxygen atoms in total. The summed E-state index contributed by atoms with van der Waals surface area (Å²) in [7, 11) is -3.50. The fourth-order valence-corrected chi connectivity index (χ4v) is 4.13. The quantitative estimate of drug-likeness (QED) is 0.901. The summed E-state index contributed by atoms with van der Waals surface area (Å²) in [6.45, 7) is 0. The molecule has 114 valence electrons. The highest BCUT2D eigenvalue weighted by atomic mass is 32.2. The average Bonchev–Trinajstić information content (AvgIpc) is 2.46. The van der Waals surface area contributed by atoms with Gasteiger partial charge in [0.15, 0.2) is 0 Å². The SMILES string of the molecule is O=C1CSc2ccc(NS(=O)(=O)Cc3ccccc3)cc2N1. The second kappa shape index (κ2) is 6.02. The van der Waals surface area contributed by atoms with Gasteiger partial charge in [-0.15, -0.1) is 11.8 Å². The monoisotopic (exact) mass is 334 g/mol. The number of hydrogen-bond acceptors (Lipinski definition) is 4. The molecular formula is C15H14N2O3S2. The van der Waals surface area contributed by atoms with E-state index in [-0.39, 0.29) is 11.7 Å². The number of carbonyl (C=O) groups excluding carboxylic acids is 1. The van der Waals surface area contributed by atoms with Crippen molar-refractivity contribution < 1.29 is 13.2 Å². The minimum Gasteiger partial charge on any atom is -0.324 e. The van der Waals surface area contributed by atoms with Crippen LogP contribution in [0.15, 0.2) is 53.4 Å². The molecule has 7 heteroatoms. The number of carbonyl (C=O) groups is 1. The second-order valence-corrected chi connectivity index (χ2v) is 7.63. The zero-order chi connectivity index (χ0) is 15.6. The molecule has 0 fully saturated rings. The molecule has 0 bridgehead atoms. The van der Waals surface area contributed by atoms with E-state index < -0.39 is 10.0 Å². The van der Waals surface area contributed by atoms with Crippen LogP contribution in [0, 0.1) is 0 Å². The van der Waals surface area contributed by atoms with Gasteiger partial charge in [-0.3, -0.25) is 9.52 Å². The Balaban J connectivity index is 1.78. The lowest BCUT2D eigenvalue weighted by atomic mass is 10.2. The molecule has 0 saturated carbocycles. The maximum absolute atomic E-state index is 12.2. The fraction of sp³-hybridized carbons (Fsp3) is 0.133. The highest BCUT2D eigenvalue weighted by Gasteiger charge is 2.17. The lowest BCUT2D eigenvalue weighted by Gasteiger charge is -2.17. The molecule has 0 aliphatic carbocycles. The first-order valence-electron chi connectivity index (χ1n) is 6.63. The predicted molar refractivity (Wildman–Crippen MR) is 88.5 cm³/mol. The minimum absolute atomic E-state index is 0.0817. The second-order valence-electron chi connectivity index (χ2n) is 4.89. The molecule has 0 radical (unpaired) electrons. The van der Waals surface area contributed by atoms with Gasteiger partial charge in [-0.25, -0.2) is 8.42 Å². The van der Waals surface area contributed by atoms with Crippen LogP contribution < -0.4 is 10.0 Å². The molecule has 1 heterocycles. The van der Waals surface area contributed by atoms with Crippen molar-refractivity contribution in [3.8, 4) is 0 Å². The van der Waals surface area contributed by atoms with Gasteiger partial charge in [0.05, 0.1) is 22.9 Å². The molecule has 22 heavy (non-hydrogen) atoms. The van der Waals surface area contributed by atoms with E-state index in [9.17, 15) is 13.2 Å². The van der Waals surface area contributed by atoms with Crippen LogP contribution in [0.2, 0.25) is 0 Å². The van der Waals surface area contributed by atoms with Gasteiger partial charge in [-0.1, -0.05) is 30.3 Å². The Morgan fingerprint density at radius 1 is 1.14 bits per heavy atom. The summed E-state index contributed by atoms with van der Waals surface area (Å²) in [6, 6.07) is 14.1. The standard InChI is InChI=1S/C15H14N2O3S2/c18-15-9-21-14-7-6-12(8-13(14)16-15)17-22(19,20)10-11-4-2-1-3-5-11/h1-8,17H,9-10H2,(H,16,18). The summed E-state index contributed by atoms with van der Waals surface area (Å²) in [6.07, 6.45) is 0. The third kappa shape index (κ3) is 3.61. The number of rotatable bonds is 4. The van der Waals surface area contributed by atoms with Gasteiger partial charge in [0, 0.05) is 4.90 Å². The predicted octanol–water partition coefficient (Wildman–Crippen LogP) is 2.67. The third-order valence-corrected chi connectivity index (χ3v) is 5.42. The summed E-state index contributed by atoms with van der Waals surface area (Å²) in [4.78, 5) is 12.3. The molecular weight excluding hydrogens is 320 g/mol. The zero-order valence-corrected chi connectivity index (χ0v) is 13.2. The number of benzene rings is 2. The van der Waals surface area contributed by atoms with E-state index in [2.05, 4.69) is 10.0 Å². The molecule has 1 aliphatic rings. The molecule has 0 atom stereocenters. The first-order valence-corrected chi connectivity index (χ1v) is 9.27. The summed E-state index contributed by atoms with van der Waals surface area (Å²) in [5.74, 6) is 0.208. The van der Waals surface area contributed by atoms with Crippen LogP contribution >= 0.6 is 11.8 Å². The van der Waals surface area contributed by atoms with Crippen LogP contribution in [0.4, 0.5) is 11.4 Å². The number of anilines is 2. The Kier molecular flexibility index (Phi) is 4.08. The maximum atomic E-state index is 12.2. The average molecular weight is 334 g/mol. The van der Waals surface area contributed by atoms with Gasteiger partial charge in [0.2, 0.25) is 15.9 Å². The van der Waals surface area contributed by atoms with Crippen molar-refractivity contribution in [3.05, 3.63) is 54.1 Å². The summed E-state index contributed by atoms with van der Waals surface area (Å²) in [5, 5.41) is 2.74. The van der Waals surface area contributed by atoms with Crippen molar-refractivity contribution in [2.75, 3.05) is 15.8 Å². The number of amides is 1. The van der Waals surface area contributed by atoms with E-state index >= 15 is 0 Å². The molecule has 0 unspecified atom stereocenters. The highest BCUT2D eigenvalue weighted by molar-refractivity contribution is 8.00. The van der Waals surface area contributed by atoms with Crippen LogP contribution in [0.5, 0.6) is 0 Å². The van der Waals surface area contributed by atoms with Gasteiger partial charge < -0.3 is 5.32 Å². The summed E-state index contributed by atoms with van der Waals surface area (Å²) in [5.41, 5.74) is 1.80. The van der Waals surface area contributed by atoms with Crippen molar-refractivity contribution in [3.63, 3.8) is 0 Å². The third-order valence-electron chi connectivity index (χ3n) is 3.09. The van der Waals surface area contributed by atoms with Crippen LogP contribution in [0.1, 0.15) is 5.56 Å². The number of nitrogens with one attached hydrogen (secondary N) is 2. The van der Waals surface area contributed by atoms with Gasteiger partial charge in [0.1, 0.15) is 0 Å². The highest BCUT2D eigenvalue weighted by Crippen LogP contribution is 2.33. The molecule has 0 aromatic heterocycles. The first kappa shape index (κ1) is 14.9. The van der Waals surface area contributed by atoms with Crippen LogP contribution in [0.25, 0.3) is 0 Å². The van der Waals surface area contributed by atoms with E-state index in [1.807, 2.05) is 6.07 Å². The van der Waals surface area contributed by atoms with Crippen molar-refractivity contribution in [1.29, 1.82) is 0 Å². The lowest BCUT2D eigenvalue weighted by molar-refractivity contribution is -0.113. The van der Waals surface area contributed by atoms with E-state index in [0.717, 1.165) is 10.5 Å². The van der Waals surface area contributed by atoms with Crippen molar-refractivity contribution in [2.24, 2.45) is 0 Å². The lowest BCUT2D eigenvalue weighted by Crippen LogP contribution is -2.19. The number of sulfonamides is 1. The molecule has 3 rings (SSSR count). The van der Waals surface area contributed by atoms with Gasteiger partial charge in [0.25, 0.3) is 0 Å². The van der Waals surface area contributed by atoms with Crippen molar-refractivity contribution in [1.82, 2.24) is 0 Å². The number of hydrogen-bond donors (Lipinski definition) is 2. The zero-order valence-electron chi connectivity index (χ0n) is 11.6. The molecule has 0 spiro atoms. The Bertz CT molecular complexity index is 805. The Morgan fingerprint density at radius 2 is 1.91 bits per heavy atom. The fourth-order valence-electron chi connectivity index (χ4n) is 2.16. The summed E-state index contributed by atoms with van der Waals surface area (Å²) >= 11 is 1.44. The van der Waals surface area contributed by atoms with Crippen LogP contribution in [0.3, 0.4) is 0 Å². The van der Waals surface area contributed by atoms with E-state index in [1.54, 1.807) is 42.5 Å². The van der Waals surface area contributed by atoms with Gasteiger partial charge in [-0.2, -0.15) is 0 Å². The molecule has 2 aromatic carbocycles. The molecule has 2 N–H and O–H groups in total. The van der Waals surface area contributed by atoms with Gasteiger partial charge >= 0.3 is 0 Å². The van der Waals surface area contributed by atoms with E-state index in [1.165, 1.54) is 11.8 Å².